The summed E-state index contributed by atoms with van der Waals surface area (Å²) >= 11 is 0. The first-order chi connectivity index (χ1) is 7.76. The first-order valence-electron chi connectivity index (χ1n) is 5.43. The van der Waals surface area contributed by atoms with E-state index in [-0.39, 0.29) is 6.61 Å². The van der Waals surface area contributed by atoms with Crippen LogP contribution in [0.1, 0.15) is 29.5 Å². The molecule has 0 saturated carbocycles. The highest BCUT2D eigenvalue weighted by Crippen LogP contribution is 2.37. The first kappa shape index (κ1) is 11.5. The maximum Gasteiger partial charge on any atom is 0.123 e. The van der Waals surface area contributed by atoms with E-state index in [0.29, 0.717) is 12.3 Å². The zero-order chi connectivity index (χ0) is 11.5. The fourth-order valence-corrected chi connectivity index (χ4v) is 2.41. The largest absolute Gasteiger partial charge is 0.252 e. The van der Waals surface area contributed by atoms with Gasteiger partial charge in [0.15, 0.2) is 0 Å². The quantitative estimate of drug-likeness (QED) is 0.595. The molecule has 0 bridgehead atoms. The van der Waals surface area contributed by atoms with Gasteiger partial charge in [-0.05, 0) is 29.0 Å². The average Bonchev–Trinajstić information content (AvgIpc) is 2.26. The Kier molecular flexibility index (Phi) is 3.56. The third-order valence-electron chi connectivity index (χ3n) is 3.16. The van der Waals surface area contributed by atoms with Gasteiger partial charge in [-0.2, -0.15) is 0 Å². The summed E-state index contributed by atoms with van der Waals surface area (Å²) in [5, 5.41) is 17.0. The zero-order valence-corrected chi connectivity index (χ0v) is 9.22. The van der Waals surface area contributed by atoms with Crippen molar-refractivity contribution < 1.29 is 20.3 Å². The van der Waals surface area contributed by atoms with E-state index in [0.717, 1.165) is 12.0 Å². The smallest absolute Gasteiger partial charge is 0.123 e. The average molecular weight is 224 g/mol. The van der Waals surface area contributed by atoms with Gasteiger partial charge in [-0.25, -0.2) is 9.78 Å². The molecule has 2 unspecified atom stereocenters. The lowest BCUT2D eigenvalue weighted by Gasteiger charge is -2.30. The molecule has 0 aliphatic heterocycles. The second-order valence-electron chi connectivity index (χ2n) is 4.32. The molecular weight excluding hydrogens is 208 g/mol. The standard InChI is InChI=1S/C12H16O4/c1-8-5-9-3-2-4-10(12(8)9)6-11(16-14)7-15-13/h2-4,8,11,13-14H,5-7H2,1H3. The highest BCUT2D eigenvalue weighted by atomic mass is 17.1. The number of hydrogen-bond donors (Lipinski definition) is 2. The molecule has 0 spiro atoms. The minimum atomic E-state index is -0.524. The molecule has 0 radical (unpaired) electrons. The molecule has 1 aliphatic carbocycles. The van der Waals surface area contributed by atoms with Crippen LogP contribution in [0, 0.1) is 0 Å². The van der Waals surface area contributed by atoms with Gasteiger partial charge < -0.3 is 0 Å². The van der Waals surface area contributed by atoms with E-state index in [2.05, 4.69) is 22.8 Å². The van der Waals surface area contributed by atoms with E-state index in [1.165, 1.54) is 11.1 Å². The van der Waals surface area contributed by atoms with Crippen molar-refractivity contribution >= 4 is 0 Å². The van der Waals surface area contributed by atoms with E-state index in [9.17, 15) is 0 Å². The topological polar surface area (TPSA) is 58.9 Å². The molecule has 0 amide bonds. The summed E-state index contributed by atoms with van der Waals surface area (Å²) in [5.41, 5.74) is 3.88. The van der Waals surface area contributed by atoms with Crippen molar-refractivity contribution in [2.75, 3.05) is 6.61 Å². The minimum absolute atomic E-state index is 0.0332. The summed E-state index contributed by atoms with van der Waals surface area (Å²) in [6.07, 6.45) is 1.14. The SMILES string of the molecule is CC1Cc2cccc(CC(COO)OO)c21. The summed E-state index contributed by atoms with van der Waals surface area (Å²) in [7, 11) is 0. The number of rotatable bonds is 5. The van der Waals surface area contributed by atoms with Gasteiger partial charge in [-0.3, -0.25) is 10.5 Å². The normalized spacial score (nSPS) is 20.1. The first-order valence-corrected chi connectivity index (χ1v) is 5.43. The molecule has 0 saturated heterocycles. The van der Waals surface area contributed by atoms with Crippen molar-refractivity contribution in [2.24, 2.45) is 0 Å². The molecule has 2 N–H and O–H groups in total. The molecule has 2 rings (SSSR count). The van der Waals surface area contributed by atoms with Crippen LogP contribution in [0.3, 0.4) is 0 Å². The van der Waals surface area contributed by atoms with E-state index >= 15 is 0 Å². The van der Waals surface area contributed by atoms with Crippen LogP contribution >= 0.6 is 0 Å². The molecule has 1 aromatic carbocycles. The molecule has 88 valence electrons. The molecule has 2 atom stereocenters. The lowest BCUT2D eigenvalue weighted by Crippen LogP contribution is -2.24. The van der Waals surface area contributed by atoms with Crippen LogP contribution in [0.2, 0.25) is 0 Å². The minimum Gasteiger partial charge on any atom is -0.252 e. The van der Waals surface area contributed by atoms with Crippen LogP contribution in [0.4, 0.5) is 0 Å². The highest BCUT2D eigenvalue weighted by molar-refractivity contribution is 5.45. The van der Waals surface area contributed by atoms with Gasteiger partial charge in [-0.15, -0.1) is 0 Å². The van der Waals surface area contributed by atoms with Crippen LogP contribution in [-0.4, -0.2) is 23.2 Å². The summed E-state index contributed by atoms with van der Waals surface area (Å²) in [5.74, 6) is 0.570. The Morgan fingerprint density at radius 3 is 2.88 bits per heavy atom. The second kappa shape index (κ2) is 4.93. The molecule has 0 heterocycles. The summed E-state index contributed by atoms with van der Waals surface area (Å²) in [6, 6.07) is 6.16. The van der Waals surface area contributed by atoms with E-state index < -0.39 is 6.10 Å². The molecule has 4 nitrogen and oxygen atoms in total. The maximum atomic E-state index is 8.67. The monoisotopic (exact) mass is 224 g/mol. The van der Waals surface area contributed by atoms with E-state index in [1.54, 1.807) is 0 Å². The Balaban J connectivity index is 2.12. The van der Waals surface area contributed by atoms with Gasteiger partial charge in [0, 0.05) is 6.42 Å². The Bertz CT molecular complexity index is 364. The van der Waals surface area contributed by atoms with Crippen LogP contribution < -0.4 is 0 Å². The number of fused-ring (bicyclic) bond motifs is 1. The van der Waals surface area contributed by atoms with Gasteiger partial charge in [-0.1, -0.05) is 25.1 Å². The maximum absolute atomic E-state index is 8.67. The van der Waals surface area contributed by atoms with Crippen molar-refractivity contribution in [3.63, 3.8) is 0 Å². The number of hydrogen-bond acceptors (Lipinski definition) is 4. The lowest BCUT2D eigenvalue weighted by atomic mass is 9.75. The predicted molar refractivity (Wildman–Crippen MR) is 58.3 cm³/mol. The van der Waals surface area contributed by atoms with Gasteiger partial charge in [0.1, 0.15) is 12.7 Å². The van der Waals surface area contributed by atoms with Gasteiger partial charge >= 0.3 is 0 Å². The molecule has 16 heavy (non-hydrogen) atoms. The van der Waals surface area contributed by atoms with Crippen LogP contribution in [0.15, 0.2) is 18.2 Å². The van der Waals surface area contributed by atoms with Crippen molar-refractivity contribution in [3.8, 4) is 0 Å². The molecule has 0 fully saturated rings. The third kappa shape index (κ3) is 2.10. The summed E-state index contributed by atoms with van der Waals surface area (Å²) in [6.45, 7) is 2.15. The summed E-state index contributed by atoms with van der Waals surface area (Å²) in [4.78, 5) is 8.26. The van der Waals surface area contributed by atoms with Crippen molar-refractivity contribution in [1.82, 2.24) is 0 Å². The van der Waals surface area contributed by atoms with Gasteiger partial charge in [0.05, 0.1) is 0 Å². The van der Waals surface area contributed by atoms with Gasteiger partial charge in [0.2, 0.25) is 0 Å². The fraction of sp³-hybridized carbons (Fsp3) is 0.500. The molecule has 0 aromatic heterocycles. The number of benzene rings is 1. The molecule has 1 aliphatic rings. The van der Waals surface area contributed by atoms with E-state index in [1.807, 2.05) is 12.1 Å². The molecule has 4 heteroatoms. The third-order valence-corrected chi connectivity index (χ3v) is 3.16. The van der Waals surface area contributed by atoms with E-state index in [4.69, 9.17) is 10.5 Å². The van der Waals surface area contributed by atoms with Crippen molar-refractivity contribution in [3.05, 3.63) is 34.9 Å². The zero-order valence-electron chi connectivity index (χ0n) is 9.22. The predicted octanol–water partition coefficient (Wildman–Crippen LogP) is 2.24. The summed E-state index contributed by atoms with van der Waals surface area (Å²) < 4.78 is 0. The Morgan fingerprint density at radius 2 is 2.25 bits per heavy atom. The molecular formula is C12H16O4. The van der Waals surface area contributed by atoms with Crippen molar-refractivity contribution in [2.45, 2.75) is 31.8 Å². The second-order valence-corrected chi connectivity index (χ2v) is 4.32. The van der Waals surface area contributed by atoms with Crippen molar-refractivity contribution in [1.29, 1.82) is 0 Å². The highest BCUT2D eigenvalue weighted by Gasteiger charge is 2.26. The van der Waals surface area contributed by atoms with Crippen LogP contribution in [0.25, 0.3) is 0 Å². The van der Waals surface area contributed by atoms with Crippen LogP contribution in [0.5, 0.6) is 0 Å². The molecule has 1 aromatic rings. The Labute approximate surface area is 94.3 Å². The van der Waals surface area contributed by atoms with Gasteiger partial charge in [0.25, 0.3) is 0 Å². The Morgan fingerprint density at radius 1 is 1.44 bits per heavy atom. The fourth-order valence-electron chi connectivity index (χ4n) is 2.41. The lowest BCUT2D eigenvalue weighted by molar-refractivity contribution is -0.325. The van der Waals surface area contributed by atoms with Crippen LogP contribution in [-0.2, 0) is 22.6 Å². The Hall–Kier alpha value is -0.940.